The number of aryl methyl sites for hydroxylation is 1. The maximum atomic E-state index is 9.19. The number of benzene rings is 10. The molecule has 12 aromatic rings. The second kappa shape index (κ2) is 21.7. The summed E-state index contributed by atoms with van der Waals surface area (Å²) in [5.41, 5.74) is 12.3. The average molecular weight is 1260 g/mol. The number of pyridine rings is 1. The summed E-state index contributed by atoms with van der Waals surface area (Å²) in [6.07, 6.45) is 1.76. The van der Waals surface area contributed by atoms with Crippen molar-refractivity contribution >= 4 is 90.4 Å². The van der Waals surface area contributed by atoms with E-state index in [4.69, 9.17) is 4.98 Å². The van der Waals surface area contributed by atoms with Crippen LogP contribution in [0.1, 0.15) is 62.3 Å². The molecule has 0 amide bonds. The number of fused-ring (bicyclic) bond motifs is 4. The normalized spacial score (nSPS) is 13.3. The number of hydrogen-bond donors (Lipinski definition) is 0. The summed E-state index contributed by atoms with van der Waals surface area (Å²) in [6.45, 7) is 13.4. The average Bonchev–Trinajstić information content (AvgIpc) is 3.64. The fourth-order valence-electron chi connectivity index (χ4n) is 11.9. The topological polar surface area (TPSA) is 27.5 Å². The number of anilines is 7. The Bertz CT molecular complexity index is 4260. The van der Waals surface area contributed by atoms with E-state index in [1.165, 1.54) is 26.7 Å². The Morgan fingerprint density at radius 3 is 1.67 bits per heavy atom. The summed E-state index contributed by atoms with van der Waals surface area (Å²) >= 11 is 0. The van der Waals surface area contributed by atoms with Gasteiger partial charge in [-0.15, -0.1) is 48.1 Å². The van der Waals surface area contributed by atoms with E-state index in [-0.39, 0.29) is 37.5 Å². The minimum absolute atomic E-state index is 0. The Kier molecular flexibility index (Phi) is 13.4. The number of rotatable bonds is 11. The van der Waals surface area contributed by atoms with Crippen LogP contribution in [-0.2, 0) is 31.9 Å². The Balaban J connectivity index is 0.00000709. The maximum absolute atomic E-state index is 9.19. The van der Waals surface area contributed by atoms with Gasteiger partial charge in [0.1, 0.15) is 5.82 Å². The Hall–Kier alpha value is -8.54. The van der Waals surface area contributed by atoms with Crippen LogP contribution in [0.3, 0.4) is 0 Å². The monoisotopic (exact) mass is 1260 g/mol. The van der Waals surface area contributed by atoms with Crippen molar-refractivity contribution in [2.75, 3.05) is 14.7 Å². The molecule has 0 saturated heterocycles. The molecule has 0 N–H and O–H groups in total. The van der Waals surface area contributed by atoms with Crippen LogP contribution in [0, 0.1) is 25.7 Å². The van der Waals surface area contributed by atoms with Gasteiger partial charge in [0.05, 0.1) is 0 Å². The number of aromatic nitrogens is 2. The van der Waals surface area contributed by atoms with Crippen molar-refractivity contribution in [2.45, 2.75) is 59.2 Å². The van der Waals surface area contributed by atoms with E-state index in [0.29, 0.717) is 11.4 Å². The summed E-state index contributed by atoms with van der Waals surface area (Å²) < 4.78 is 29.6. The van der Waals surface area contributed by atoms with Gasteiger partial charge in [-0.25, -0.2) is 4.98 Å². The summed E-state index contributed by atoms with van der Waals surface area (Å²) in [5, 5.41) is 6.81. The molecule has 1 aliphatic heterocycles. The molecular formula is C75H64N5PtSi-3. The molecule has 0 unspecified atom stereocenters. The van der Waals surface area contributed by atoms with Crippen molar-refractivity contribution in [1.29, 1.82) is 0 Å². The van der Waals surface area contributed by atoms with E-state index >= 15 is 0 Å². The molecule has 1 aliphatic rings. The van der Waals surface area contributed by atoms with Gasteiger partial charge in [-0.05, 0) is 115 Å². The first kappa shape index (κ1) is 50.4. The molecule has 0 atom stereocenters. The minimum atomic E-state index is -2.94. The summed E-state index contributed by atoms with van der Waals surface area (Å²) in [5.74, 6) is 0.484. The third kappa shape index (κ3) is 9.68. The number of nitrogens with zero attached hydrogens (tertiary/aromatic N) is 5. The molecule has 0 bridgehead atoms. The molecule has 82 heavy (non-hydrogen) atoms. The largest absolute Gasteiger partial charge is 0.493 e. The van der Waals surface area contributed by atoms with Crippen LogP contribution in [-0.4, -0.2) is 17.6 Å². The molecule has 7 heteroatoms. The quantitative estimate of drug-likeness (QED) is 0.0733. The second-order valence-electron chi connectivity index (χ2n) is 23.2. The van der Waals surface area contributed by atoms with E-state index in [1.54, 1.807) is 12.3 Å². The van der Waals surface area contributed by atoms with Gasteiger partial charge in [-0.1, -0.05) is 228 Å². The van der Waals surface area contributed by atoms with E-state index in [0.717, 1.165) is 72.4 Å². The zero-order valence-electron chi connectivity index (χ0n) is 49.9. The predicted octanol–water partition coefficient (Wildman–Crippen LogP) is 16.6. The van der Waals surface area contributed by atoms with Crippen LogP contribution in [0.2, 0.25) is 0 Å². The molecule has 2 aromatic heterocycles. The van der Waals surface area contributed by atoms with E-state index in [1.807, 2.05) is 36.4 Å². The van der Waals surface area contributed by atoms with Crippen molar-refractivity contribution in [3.63, 3.8) is 0 Å². The van der Waals surface area contributed by atoms with Crippen LogP contribution in [0.4, 0.5) is 39.8 Å². The van der Waals surface area contributed by atoms with Crippen LogP contribution < -0.4 is 35.4 Å². The van der Waals surface area contributed by atoms with Gasteiger partial charge >= 0.3 is 0 Å². The van der Waals surface area contributed by atoms with Gasteiger partial charge in [0.2, 0.25) is 0 Å². The summed E-state index contributed by atoms with van der Waals surface area (Å²) in [4.78, 5) is 12.0. The van der Waals surface area contributed by atoms with Crippen molar-refractivity contribution in [1.82, 2.24) is 9.55 Å². The first-order valence-electron chi connectivity index (χ1n) is 29.4. The third-order valence-electron chi connectivity index (χ3n) is 16.0. The minimum Gasteiger partial charge on any atom is -0.493 e. The molecule has 0 spiro atoms. The molecule has 0 radical (unpaired) electrons. The van der Waals surface area contributed by atoms with Gasteiger partial charge in [-0.3, -0.25) is 0 Å². The van der Waals surface area contributed by atoms with Crippen molar-refractivity contribution in [3.05, 3.63) is 290 Å². The van der Waals surface area contributed by atoms with Crippen LogP contribution in [0.25, 0.3) is 38.8 Å². The van der Waals surface area contributed by atoms with Gasteiger partial charge < -0.3 is 19.3 Å². The van der Waals surface area contributed by atoms with Gasteiger partial charge in [0.15, 0.2) is 8.07 Å². The van der Waals surface area contributed by atoms with E-state index < -0.39 is 14.9 Å². The number of para-hydroxylation sites is 4. The van der Waals surface area contributed by atoms with E-state index in [9.17, 15) is 4.11 Å². The maximum Gasteiger partial charge on any atom is 0.179 e. The Labute approximate surface area is 503 Å². The molecule has 13 rings (SSSR count). The van der Waals surface area contributed by atoms with Crippen LogP contribution in [0.5, 0.6) is 0 Å². The molecule has 5 nitrogen and oxygen atoms in total. The van der Waals surface area contributed by atoms with Gasteiger partial charge in [0.25, 0.3) is 0 Å². The second-order valence-corrected chi connectivity index (χ2v) is 27.0. The Morgan fingerprint density at radius 1 is 0.500 bits per heavy atom. The molecular weight excluding hydrogens is 1190 g/mol. The third-order valence-corrected chi connectivity index (χ3v) is 20.8. The smallest absolute Gasteiger partial charge is 0.179 e. The van der Waals surface area contributed by atoms with Gasteiger partial charge in [0, 0.05) is 65.2 Å². The molecule has 0 aliphatic carbocycles. The number of hydrogen-bond acceptors (Lipinski definition) is 4. The predicted molar refractivity (Wildman–Crippen MR) is 344 cm³/mol. The Morgan fingerprint density at radius 2 is 1.05 bits per heavy atom. The first-order valence-corrected chi connectivity index (χ1v) is 29.9. The first-order chi connectivity index (χ1) is 40.6. The summed E-state index contributed by atoms with van der Waals surface area (Å²) in [6, 6.07) is 95.0. The molecule has 406 valence electrons. The summed E-state index contributed by atoms with van der Waals surface area (Å²) in [7, 11) is -2.94. The standard InChI is InChI=1S/C75H64N5Si.Pt/c1-53-44-73(76-51-68(53)54-26-24-37-65(45-54)81(62-31-14-9-15-32-62,63-33-16-10-17-34-63)64-35-18-11-19-36-64)80-69-39-21-20-38-66(69)67-43-42-60(50-72(67)80)79(57-27-12-8-13-28-57)59-30-25-29-58(49-59)77-52-78(71-41-23-22-40-70(71)77)61-47-55(74(2,3)4)46-56(48-61)75(5,6)7;/h8-48,51-52H,1-7H3;/q-3;/i1D3;. The fraction of sp³-hybridized carbons (Fsp3) is 0.120. The zero-order valence-corrected chi connectivity index (χ0v) is 50.2. The van der Waals surface area contributed by atoms with Crippen molar-refractivity contribution < 1.29 is 25.2 Å². The van der Waals surface area contributed by atoms with Crippen LogP contribution in [0.15, 0.2) is 255 Å². The van der Waals surface area contributed by atoms with Gasteiger partial charge in [-0.2, -0.15) is 12.1 Å². The van der Waals surface area contributed by atoms with Crippen molar-refractivity contribution in [2.24, 2.45) is 0 Å². The SMILES string of the molecule is [2H]C([2H])([2H])c1cc(-n2c3[c-]c(N(c4[c-]c(N5[CH-]N(c6cc(C(C)(C)C)cc(C(C)(C)C)c6)c6ccccc65)ccc4)c4ccccc4)ccc3c3ccccc32)ncc1-c1cccc([Si](c2ccccc2)(c2ccccc2)c2ccccc2)c1.[Pt]. The van der Waals surface area contributed by atoms with Crippen LogP contribution >= 0.6 is 0 Å². The van der Waals surface area contributed by atoms with E-state index in [2.05, 4.69) is 286 Å². The molecule has 0 saturated carbocycles. The molecule has 10 aromatic carbocycles. The fourth-order valence-corrected chi connectivity index (χ4v) is 16.7. The molecule has 3 heterocycles. The zero-order chi connectivity index (χ0) is 58.0. The van der Waals surface area contributed by atoms with Crippen molar-refractivity contribution in [3.8, 4) is 16.9 Å². The molecule has 0 fully saturated rings.